The smallest absolute Gasteiger partial charge is 0.281 e. The van der Waals surface area contributed by atoms with Gasteiger partial charge in [-0.15, -0.1) is 0 Å². The number of hydrogen-bond acceptors (Lipinski definition) is 6. The molecule has 3 aromatic rings. The average molecular weight is 412 g/mol. The van der Waals surface area contributed by atoms with Crippen molar-refractivity contribution >= 4 is 32.7 Å². The van der Waals surface area contributed by atoms with Crippen LogP contribution in [0.5, 0.6) is 0 Å². The van der Waals surface area contributed by atoms with Gasteiger partial charge in [0.05, 0.1) is 0 Å². The molecule has 1 aromatic carbocycles. The van der Waals surface area contributed by atoms with Gasteiger partial charge in [0.15, 0.2) is 15.5 Å². The molecule has 1 aliphatic rings. The van der Waals surface area contributed by atoms with Crippen molar-refractivity contribution in [3.63, 3.8) is 0 Å². The van der Waals surface area contributed by atoms with Gasteiger partial charge in [0.2, 0.25) is 5.91 Å². The molecule has 0 spiro atoms. The van der Waals surface area contributed by atoms with Gasteiger partial charge < -0.3 is 10.2 Å². The molecule has 1 fully saturated rings. The molecule has 1 N–H and O–H groups in total. The largest absolute Gasteiger partial charge is 0.350 e. The highest BCUT2D eigenvalue weighted by atomic mass is 32.1. The van der Waals surface area contributed by atoms with Crippen LogP contribution in [0, 0.1) is 0 Å². The molecule has 0 saturated carbocycles. The molecule has 1 amide bonds. The summed E-state index contributed by atoms with van der Waals surface area (Å²) in [5.74, 6) is 0.776. The quantitative estimate of drug-likeness (QED) is 0.675. The third-order valence-corrected chi connectivity index (χ3v) is 6.32. The van der Waals surface area contributed by atoms with Crippen LogP contribution >= 0.6 is 11.3 Å². The lowest BCUT2D eigenvalue weighted by Gasteiger charge is -2.23. The zero-order valence-corrected chi connectivity index (χ0v) is 17.5. The van der Waals surface area contributed by atoms with Gasteiger partial charge in [-0.2, -0.15) is 0 Å². The highest BCUT2D eigenvalue weighted by Crippen LogP contribution is 2.31. The van der Waals surface area contributed by atoms with Crippen LogP contribution in [0.15, 0.2) is 35.1 Å². The van der Waals surface area contributed by atoms with Crippen molar-refractivity contribution in [1.29, 1.82) is 0 Å². The summed E-state index contributed by atoms with van der Waals surface area (Å²) >= 11 is 1.40. The Kier molecular flexibility index (Phi) is 5.62. The van der Waals surface area contributed by atoms with Crippen LogP contribution in [0.1, 0.15) is 38.1 Å². The second-order valence-corrected chi connectivity index (χ2v) is 8.09. The van der Waals surface area contributed by atoms with Crippen LogP contribution in [0.3, 0.4) is 0 Å². The number of anilines is 1. The van der Waals surface area contributed by atoms with Gasteiger partial charge in [0.1, 0.15) is 11.9 Å². The van der Waals surface area contributed by atoms with E-state index in [4.69, 9.17) is 0 Å². The van der Waals surface area contributed by atoms with Crippen molar-refractivity contribution in [3.05, 3.63) is 52.1 Å². The van der Waals surface area contributed by atoms with Crippen molar-refractivity contribution in [2.24, 2.45) is 0 Å². The number of carbonyl (C=O) groups is 1. The highest BCUT2D eigenvalue weighted by molar-refractivity contribution is 7.21. The predicted octanol–water partition coefficient (Wildman–Crippen LogP) is 2.72. The normalized spacial score (nSPS) is 16.5. The first kappa shape index (κ1) is 19.6. The summed E-state index contributed by atoms with van der Waals surface area (Å²) in [5, 5.41) is 3.74. The number of carbonyl (C=O) groups excluding carboxylic acids is 1. The van der Waals surface area contributed by atoms with Crippen LogP contribution in [0.4, 0.5) is 5.13 Å². The Morgan fingerprint density at radius 1 is 1.24 bits per heavy atom. The van der Waals surface area contributed by atoms with Gasteiger partial charge >= 0.3 is 0 Å². The van der Waals surface area contributed by atoms with Crippen LogP contribution in [0.2, 0.25) is 0 Å². The molecular formula is C21H25N5O2S. The van der Waals surface area contributed by atoms with E-state index in [1.807, 2.05) is 49.1 Å². The van der Waals surface area contributed by atoms with Crippen molar-refractivity contribution in [2.45, 2.75) is 52.2 Å². The summed E-state index contributed by atoms with van der Waals surface area (Å²) in [4.78, 5) is 37.6. The zero-order valence-electron chi connectivity index (χ0n) is 16.7. The second-order valence-electron chi connectivity index (χ2n) is 7.14. The van der Waals surface area contributed by atoms with Crippen molar-refractivity contribution < 1.29 is 4.79 Å². The molecule has 2 aromatic heterocycles. The fraction of sp³-hybridized carbons (Fsp3) is 0.429. The fourth-order valence-electron chi connectivity index (χ4n) is 3.83. The molecule has 0 aliphatic carbocycles. The van der Waals surface area contributed by atoms with Gasteiger partial charge in [0, 0.05) is 26.1 Å². The summed E-state index contributed by atoms with van der Waals surface area (Å²) in [6.45, 7) is 5.77. The maximum absolute atomic E-state index is 12.8. The number of rotatable bonds is 6. The molecule has 1 atom stereocenters. The highest BCUT2D eigenvalue weighted by Gasteiger charge is 2.33. The minimum absolute atomic E-state index is 0.00113. The predicted molar refractivity (Wildman–Crippen MR) is 115 cm³/mol. The van der Waals surface area contributed by atoms with E-state index in [9.17, 15) is 9.59 Å². The van der Waals surface area contributed by atoms with Gasteiger partial charge in [-0.3, -0.25) is 14.2 Å². The molecule has 7 nitrogen and oxygen atoms in total. The lowest BCUT2D eigenvalue weighted by molar-refractivity contribution is -0.122. The number of aryl methyl sites for hydroxylation is 1. The number of fused-ring (bicyclic) bond motifs is 1. The average Bonchev–Trinajstić information content (AvgIpc) is 3.39. The molecule has 29 heavy (non-hydrogen) atoms. The second kappa shape index (κ2) is 8.32. The summed E-state index contributed by atoms with van der Waals surface area (Å²) in [7, 11) is 0. The molecule has 1 unspecified atom stereocenters. The first-order valence-electron chi connectivity index (χ1n) is 10.1. The number of nitrogens with zero attached hydrogens (tertiary/aromatic N) is 4. The third-order valence-electron chi connectivity index (χ3n) is 5.33. The molecule has 8 heteroatoms. The summed E-state index contributed by atoms with van der Waals surface area (Å²) < 4.78 is 1.68. The molecule has 1 aliphatic heterocycles. The maximum Gasteiger partial charge on any atom is 0.281 e. The van der Waals surface area contributed by atoms with Crippen molar-refractivity contribution in [1.82, 2.24) is 19.9 Å². The first-order valence-corrected chi connectivity index (χ1v) is 10.9. The van der Waals surface area contributed by atoms with Crippen LogP contribution in [-0.4, -0.2) is 33.0 Å². The number of benzene rings is 1. The van der Waals surface area contributed by atoms with Gasteiger partial charge in [-0.25, -0.2) is 9.97 Å². The van der Waals surface area contributed by atoms with E-state index in [1.165, 1.54) is 11.3 Å². The Morgan fingerprint density at radius 2 is 2.03 bits per heavy atom. The number of amides is 1. The van der Waals surface area contributed by atoms with Gasteiger partial charge in [-0.1, -0.05) is 48.6 Å². The lowest BCUT2D eigenvalue weighted by Crippen LogP contribution is -2.43. The minimum atomic E-state index is -0.265. The van der Waals surface area contributed by atoms with E-state index in [2.05, 4.69) is 15.3 Å². The van der Waals surface area contributed by atoms with E-state index in [0.717, 1.165) is 30.8 Å². The minimum Gasteiger partial charge on any atom is -0.350 e. The Balaban J connectivity index is 1.58. The van der Waals surface area contributed by atoms with Crippen LogP contribution in [-0.2, 0) is 24.3 Å². The maximum atomic E-state index is 12.8. The molecule has 4 rings (SSSR count). The fourth-order valence-corrected chi connectivity index (χ4v) is 4.86. The van der Waals surface area contributed by atoms with Gasteiger partial charge in [-0.05, 0) is 25.3 Å². The molecule has 0 bridgehead atoms. The number of aromatic nitrogens is 3. The molecule has 0 radical (unpaired) electrons. The van der Waals surface area contributed by atoms with Crippen LogP contribution in [0.25, 0.3) is 10.3 Å². The zero-order chi connectivity index (χ0) is 20.4. The number of thiazole rings is 1. The Hall–Kier alpha value is -2.74. The Labute approximate surface area is 173 Å². The van der Waals surface area contributed by atoms with E-state index in [0.29, 0.717) is 35.0 Å². The van der Waals surface area contributed by atoms with E-state index < -0.39 is 0 Å². The number of nitrogens with one attached hydrogen (secondary N) is 1. The first-order chi connectivity index (χ1) is 14.1. The third kappa shape index (κ3) is 3.76. The Bertz CT molecular complexity index is 1080. The summed E-state index contributed by atoms with van der Waals surface area (Å²) in [6, 6.07) is 9.61. The van der Waals surface area contributed by atoms with Crippen LogP contribution < -0.4 is 15.8 Å². The molecule has 3 heterocycles. The SMILES string of the molecule is CCc1nc2sc(N3CCCC3C(=O)NCc3ccccc3)nc2c(=O)n1CC. The molecular weight excluding hydrogens is 386 g/mol. The topological polar surface area (TPSA) is 80.1 Å². The molecule has 1 saturated heterocycles. The van der Waals surface area contributed by atoms with E-state index in [-0.39, 0.29) is 17.5 Å². The standard InChI is InChI=1S/C21H25N5O2S/c1-3-16-23-19-17(20(28)25(16)4-2)24-21(29-19)26-12-8-11-15(26)18(27)22-13-14-9-6-5-7-10-14/h5-7,9-10,15H,3-4,8,11-13H2,1-2H3,(H,22,27). The van der Waals surface area contributed by atoms with E-state index >= 15 is 0 Å². The monoisotopic (exact) mass is 411 g/mol. The summed E-state index contributed by atoms with van der Waals surface area (Å²) in [5.41, 5.74) is 1.38. The van der Waals surface area contributed by atoms with Crippen molar-refractivity contribution in [2.75, 3.05) is 11.4 Å². The molecule has 152 valence electrons. The van der Waals surface area contributed by atoms with Crippen molar-refractivity contribution in [3.8, 4) is 0 Å². The summed E-state index contributed by atoms with van der Waals surface area (Å²) in [6.07, 6.45) is 2.40. The lowest BCUT2D eigenvalue weighted by atomic mass is 10.2. The van der Waals surface area contributed by atoms with Gasteiger partial charge in [0.25, 0.3) is 5.56 Å². The number of hydrogen-bond donors (Lipinski definition) is 1. The van der Waals surface area contributed by atoms with E-state index in [1.54, 1.807) is 4.57 Å². The Morgan fingerprint density at radius 3 is 2.76 bits per heavy atom.